The van der Waals surface area contributed by atoms with Gasteiger partial charge in [0.05, 0.1) is 19.3 Å². The minimum Gasteiger partial charge on any atom is -0.379 e. The third-order valence-electron chi connectivity index (χ3n) is 4.83. The highest BCUT2D eigenvalue weighted by Crippen LogP contribution is 2.18. The molecule has 5 nitrogen and oxygen atoms in total. The smallest absolute Gasteiger partial charge is 0.268 e. The number of nitrogens with one attached hydrogen (secondary N) is 2. The van der Waals surface area contributed by atoms with Gasteiger partial charge in [-0.05, 0) is 17.7 Å². The number of carbonyl (C=O) groups is 1. The molecule has 26 heavy (non-hydrogen) atoms. The Labute approximate surface area is 153 Å². The van der Waals surface area contributed by atoms with Crippen LogP contribution in [0.25, 0.3) is 10.9 Å². The number of carbonyl (C=O) groups excluding carboxylic acids is 1. The Hall–Kier alpha value is -2.63. The van der Waals surface area contributed by atoms with Gasteiger partial charge in [0, 0.05) is 30.5 Å². The second-order valence-electron chi connectivity index (χ2n) is 6.62. The van der Waals surface area contributed by atoms with Crippen molar-refractivity contribution in [2.75, 3.05) is 32.8 Å². The van der Waals surface area contributed by atoms with E-state index >= 15 is 0 Å². The van der Waals surface area contributed by atoms with E-state index in [0.29, 0.717) is 5.69 Å². The summed E-state index contributed by atoms with van der Waals surface area (Å²) in [4.78, 5) is 18.4. The number of nitrogens with zero attached hydrogens (tertiary/aromatic N) is 1. The first kappa shape index (κ1) is 16.8. The lowest BCUT2D eigenvalue weighted by atomic mass is 10.1. The molecule has 1 aliphatic heterocycles. The standard InChI is InChI=1S/C21H23N3O2/c25-21(19-14-17-8-4-5-9-18(17)22-19)23-20(16-6-2-1-3-7-16)15-24-10-12-26-13-11-24/h1-9,14,20,22H,10-13,15H2,(H,23,25). The minimum absolute atomic E-state index is 0.0618. The van der Waals surface area contributed by atoms with Gasteiger partial charge in [-0.3, -0.25) is 9.69 Å². The Kier molecular flexibility index (Phi) is 5.00. The van der Waals surface area contributed by atoms with Gasteiger partial charge in [-0.25, -0.2) is 0 Å². The molecule has 4 rings (SSSR count). The Morgan fingerprint density at radius 1 is 1.08 bits per heavy atom. The molecule has 0 spiro atoms. The highest BCUT2D eigenvalue weighted by Gasteiger charge is 2.21. The van der Waals surface area contributed by atoms with Gasteiger partial charge < -0.3 is 15.0 Å². The van der Waals surface area contributed by atoms with Crippen molar-refractivity contribution in [2.24, 2.45) is 0 Å². The summed E-state index contributed by atoms with van der Waals surface area (Å²) in [7, 11) is 0. The normalized spacial score (nSPS) is 16.5. The number of amides is 1. The summed E-state index contributed by atoms with van der Waals surface area (Å²) in [5, 5.41) is 4.25. The fourth-order valence-corrected chi connectivity index (χ4v) is 3.39. The zero-order valence-electron chi connectivity index (χ0n) is 14.7. The average molecular weight is 349 g/mol. The molecule has 1 saturated heterocycles. The number of morpholine rings is 1. The van der Waals surface area contributed by atoms with Crippen LogP contribution in [0.3, 0.4) is 0 Å². The van der Waals surface area contributed by atoms with Crippen LogP contribution in [0, 0.1) is 0 Å². The van der Waals surface area contributed by atoms with Crippen LogP contribution in [0.15, 0.2) is 60.7 Å². The second kappa shape index (κ2) is 7.72. The molecule has 2 aromatic carbocycles. The summed E-state index contributed by atoms with van der Waals surface area (Å²) in [6.45, 7) is 4.06. The number of ether oxygens (including phenoxy) is 1. The van der Waals surface area contributed by atoms with Crippen LogP contribution in [0.2, 0.25) is 0 Å². The van der Waals surface area contributed by atoms with Crippen molar-refractivity contribution in [3.05, 3.63) is 71.9 Å². The highest BCUT2D eigenvalue weighted by atomic mass is 16.5. The number of hydrogen-bond acceptors (Lipinski definition) is 3. The number of hydrogen-bond donors (Lipinski definition) is 2. The third kappa shape index (κ3) is 3.79. The molecule has 1 aromatic heterocycles. The predicted octanol–water partition coefficient (Wildman–Crippen LogP) is 2.97. The highest BCUT2D eigenvalue weighted by molar-refractivity contribution is 5.98. The zero-order chi connectivity index (χ0) is 17.8. The number of H-pyrrole nitrogens is 1. The summed E-state index contributed by atoms with van der Waals surface area (Å²) < 4.78 is 5.44. The van der Waals surface area contributed by atoms with Crippen LogP contribution >= 0.6 is 0 Å². The van der Waals surface area contributed by atoms with E-state index in [1.165, 1.54) is 0 Å². The first-order valence-electron chi connectivity index (χ1n) is 9.03. The first-order chi connectivity index (χ1) is 12.8. The Morgan fingerprint density at radius 2 is 1.81 bits per heavy atom. The van der Waals surface area contributed by atoms with E-state index in [9.17, 15) is 4.79 Å². The van der Waals surface area contributed by atoms with Gasteiger partial charge in [-0.2, -0.15) is 0 Å². The Balaban J connectivity index is 1.54. The maximum absolute atomic E-state index is 12.9. The monoisotopic (exact) mass is 349 g/mol. The molecule has 0 bridgehead atoms. The minimum atomic E-state index is -0.0803. The molecular weight excluding hydrogens is 326 g/mol. The van der Waals surface area contributed by atoms with Gasteiger partial charge >= 0.3 is 0 Å². The number of fused-ring (bicyclic) bond motifs is 1. The molecule has 0 saturated carbocycles. The van der Waals surface area contributed by atoms with Crippen molar-refractivity contribution in [3.8, 4) is 0 Å². The molecule has 0 aliphatic carbocycles. The van der Waals surface area contributed by atoms with E-state index in [2.05, 4.69) is 27.3 Å². The van der Waals surface area contributed by atoms with Gasteiger partial charge in [0.15, 0.2) is 0 Å². The van der Waals surface area contributed by atoms with E-state index in [-0.39, 0.29) is 11.9 Å². The van der Waals surface area contributed by atoms with Gasteiger partial charge in [0.2, 0.25) is 0 Å². The van der Waals surface area contributed by atoms with Crippen molar-refractivity contribution in [3.63, 3.8) is 0 Å². The molecule has 3 aromatic rings. The first-order valence-corrected chi connectivity index (χ1v) is 9.03. The van der Waals surface area contributed by atoms with Gasteiger partial charge in [-0.15, -0.1) is 0 Å². The maximum atomic E-state index is 12.9. The van der Waals surface area contributed by atoms with Gasteiger partial charge in [-0.1, -0.05) is 48.5 Å². The fraction of sp³-hybridized carbons (Fsp3) is 0.286. The lowest BCUT2D eigenvalue weighted by Gasteiger charge is -2.31. The molecule has 1 unspecified atom stereocenters. The predicted molar refractivity (Wildman–Crippen MR) is 102 cm³/mol. The summed E-state index contributed by atoms with van der Waals surface area (Å²) in [6.07, 6.45) is 0. The van der Waals surface area contributed by atoms with E-state index in [4.69, 9.17) is 4.74 Å². The quantitative estimate of drug-likeness (QED) is 0.745. The SMILES string of the molecule is O=C(NC(CN1CCOCC1)c1ccccc1)c1cc2ccccc2[nH]1. The fourth-order valence-electron chi connectivity index (χ4n) is 3.39. The molecule has 1 amide bonds. The van der Waals surface area contributed by atoms with Gasteiger partial charge in [0.1, 0.15) is 5.69 Å². The average Bonchev–Trinajstić information content (AvgIpc) is 3.13. The van der Waals surface area contributed by atoms with Crippen LogP contribution < -0.4 is 5.32 Å². The number of benzene rings is 2. The van der Waals surface area contributed by atoms with Crippen molar-refractivity contribution in [1.82, 2.24) is 15.2 Å². The molecule has 2 heterocycles. The number of para-hydroxylation sites is 1. The molecule has 134 valence electrons. The second-order valence-corrected chi connectivity index (χ2v) is 6.62. The van der Waals surface area contributed by atoms with E-state index < -0.39 is 0 Å². The van der Waals surface area contributed by atoms with Crippen LogP contribution in [0.1, 0.15) is 22.1 Å². The molecule has 1 atom stereocenters. The topological polar surface area (TPSA) is 57.4 Å². The zero-order valence-corrected chi connectivity index (χ0v) is 14.7. The van der Waals surface area contributed by atoms with Crippen molar-refractivity contribution in [1.29, 1.82) is 0 Å². The summed E-state index contributed by atoms with van der Waals surface area (Å²) in [5.74, 6) is -0.0803. The lowest BCUT2D eigenvalue weighted by molar-refractivity contribution is 0.0332. The van der Waals surface area contributed by atoms with E-state index in [1.54, 1.807) is 0 Å². The molecule has 5 heteroatoms. The van der Waals surface area contributed by atoms with Crippen LogP contribution in [-0.2, 0) is 4.74 Å². The Bertz CT molecular complexity index is 836. The summed E-state index contributed by atoms with van der Waals surface area (Å²) >= 11 is 0. The largest absolute Gasteiger partial charge is 0.379 e. The number of aromatic amines is 1. The maximum Gasteiger partial charge on any atom is 0.268 e. The lowest BCUT2D eigenvalue weighted by Crippen LogP contribution is -2.43. The van der Waals surface area contributed by atoms with Crippen molar-refractivity contribution < 1.29 is 9.53 Å². The summed E-state index contributed by atoms with van der Waals surface area (Å²) in [6, 6.07) is 19.9. The summed E-state index contributed by atoms with van der Waals surface area (Å²) in [5.41, 5.74) is 2.68. The molecule has 1 fully saturated rings. The van der Waals surface area contributed by atoms with E-state index in [0.717, 1.165) is 49.3 Å². The molecule has 0 radical (unpaired) electrons. The van der Waals surface area contributed by atoms with E-state index in [1.807, 2.05) is 48.5 Å². The number of rotatable bonds is 5. The van der Waals surface area contributed by atoms with Crippen molar-refractivity contribution >= 4 is 16.8 Å². The molecular formula is C21H23N3O2. The number of aromatic nitrogens is 1. The third-order valence-corrected chi connectivity index (χ3v) is 4.83. The van der Waals surface area contributed by atoms with Crippen molar-refractivity contribution in [2.45, 2.75) is 6.04 Å². The van der Waals surface area contributed by atoms with Crippen LogP contribution in [0.4, 0.5) is 0 Å². The molecule has 2 N–H and O–H groups in total. The van der Waals surface area contributed by atoms with Gasteiger partial charge in [0.25, 0.3) is 5.91 Å². The Morgan fingerprint density at radius 3 is 2.58 bits per heavy atom. The van der Waals surface area contributed by atoms with Crippen LogP contribution in [-0.4, -0.2) is 48.6 Å². The van der Waals surface area contributed by atoms with Crippen LogP contribution in [0.5, 0.6) is 0 Å². The molecule has 1 aliphatic rings.